The predicted molar refractivity (Wildman–Crippen MR) is 134 cm³/mol. The van der Waals surface area contributed by atoms with Crippen molar-refractivity contribution in [2.24, 2.45) is 5.41 Å². The summed E-state index contributed by atoms with van der Waals surface area (Å²) in [4.78, 5) is 13.2. The molecule has 5 heteroatoms. The number of aromatic nitrogens is 3. The number of ketones is 1. The third-order valence-corrected chi connectivity index (χ3v) is 6.50. The topological polar surface area (TPSA) is 68.0 Å². The molecule has 1 aromatic carbocycles. The molecule has 1 fully saturated rings. The van der Waals surface area contributed by atoms with E-state index in [1.165, 1.54) is 5.56 Å². The van der Waals surface area contributed by atoms with Gasteiger partial charge in [0.1, 0.15) is 17.4 Å². The van der Waals surface area contributed by atoms with E-state index in [0.717, 1.165) is 54.9 Å². The summed E-state index contributed by atoms with van der Waals surface area (Å²) < 4.78 is 2.31. The lowest BCUT2D eigenvalue weighted by Gasteiger charge is -2.25. The minimum absolute atomic E-state index is 0.132. The largest absolute Gasteiger partial charge is 0.390 e. The number of carbonyl (C=O) groups excluding carboxylic acids is 1. The van der Waals surface area contributed by atoms with Crippen molar-refractivity contribution in [1.82, 2.24) is 14.8 Å². The van der Waals surface area contributed by atoms with E-state index in [1.807, 2.05) is 13.8 Å². The zero-order chi connectivity index (χ0) is 24.4. The quantitative estimate of drug-likeness (QED) is 0.450. The molecule has 1 aliphatic carbocycles. The van der Waals surface area contributed by atoms with E-state index in [9.17, 15) is 9.90 Å². The van der Waals surface area contributed by atoms with Gasteiger partial charge >= 0.3 is 0 Å². The number of hydrogen-bond acceptors (Lipinski definition) is 4. The third-order valence-electron chi connectivity index (χ3n) is 6.50. The Hall–Kier alpha value is -2.01. The zero-order valence-electron chi connectivity index (χ0n) is 21.7. The lowest BCUT2D eigenvalue weighted by molar-refractivity contribution is -0.119. The van der Waals surface area contributed by atoms with E-state index >= 15 is 0 Å². The van der Waals surface area contributed by atoms with Gasteiger partial charge in [-0.2, -0.15) is 0 Å². The summed E-state index contributed by atoms with van der Waals surface area (Å²) in [6, 6.07) is 6.70. The number of Topliss-reactive ketones (excluding diaryl/α,β-unsaturated/α-hetero) is 1. The van der Waals surface area contributed by atoms with Crippen molar-refractivity contribution in [2.75, 3.05) is 0 Å². The molecule has 1 unspecified atom stereocenters. The fraction of sp³-hybridized carbons (Fsp3) is 0.679. The minimum Gasteiger partial charge on any atom is -0.390 e. The molecule has 33 heavy (non-hydrogen) atoms. The highest BCUT2D eigenvalue weighted by Crippen LogP contribution is 2.40. The average molecular weight is 454 g/mol. The molecule has 0 amide bonds. The summed E-state index contributed by atoms with van der Waals surface area (Å²) in [7, 11) is 0. The van der Waals surface area contributed by atoms with Gasteiger partial charge in [0.2, 0.25) is 0 Å². The molecule has 2 aromatic rings. The molecule has 0 aliphatic heterocycles. The first kappa shape index (κ1) is 25.6. The molecule has 5 nitrogen and oxygen atoms in total. The van der Waals surface area contributed by atoms with E-state index < -0.39 is 5.60 Å². The zero-order valence-corrected chi connectivity index (χ0v) is 21.7. The Labute approximate surface area is 200 Å². The van der Waals surface area contributed by atoms with Gasteiger partial charge in [0.15, 0.2) is 0 Å². The molecular weight excluding hydrogens is 410 g/mol. The number of benzene rings is 1. The van der Waals surface area contributed by atoms with Crippen LogP contribution in [0.2, 0.25) is 0 Å². The average Bonchev–Trinajstić information content (AvgIpc) is 3.41. The molecule has 0 spiro atoms. The van der Waals surface area contributed by atoms with Gasteiger partial charge in [-0.05, 0) is 76.3 Å². The van der Waals surface area contributed by atoms with Gasteiger partial charge in [-0.25, -0.2) is 0 Å². The molecule has 1 N–H and O–H groups in total. The molecule has 1 atom stereocenters. The molecular formula is C28H43N3O2. The fourth-order valence-corrected chi connectivity index (χ4v) is 4.75. The van der Waals surface area contributed by atoms with Gasteiger partial charge in [0.25, 0.3) is 0 Å². The second kappa shape index (κ2) is 10.1. The molecule has 0 radical (unpaired) electrons. The monoisotopic (exact) mass is 453 g/mol. The Kier molecular flexibility index (Phi) is 7.83. The summed E-state index contributed by atoms with van der Waals surface area (Å²) in [5.74, 6) is 1.99. The summed E-state index contributed by atoms with van der Waals surface area (Å²) in [6.45, 7) is 14.6. The standard InChI is InChI=1S/C28H43N3O2/c1-19-10-11-21(20(2)15-19)16-24(32)17-22(18-28(6,7)33)26-30-29-25(31(26)23-12-13-23)9-8-14-27(3,4)5/h10-11,15,22-23,33H,8-9,12-14,16-18H2,1-7H3. The van der Waals surface area contributed by atoms with Crippen LogP contribution in [-0.4, -0.2) is 31.3 Å². The van der Waals surface area contributed by atoms with E-state index in [0.29, 0.717) is 30.7 Å². The van der Waals surface area contributed by atoms with Crippen molar-refractivity contribution in [1.29, 1.82) is 0 Å². The van der Waals surface area contributed by atoms with Crippen molar-refractivity contribution >= 4 is 5.78 Å². The third kappa shape index (κ3) is 7.77. The number of nitrogens with zero attached hydrogens (tertiary/aromatic N) is 3. The van der Waals surface area contributed by atoms with E-state index in [-0.39, 0.29) is 11.7 Å². The van der Waals surface area contributed by atoms with E-state index in [1.54, 1.807) is 0 Å². The van der Waals surface area contributed by atoms with Crippen LogP contribution in [0.3, 0.4) is 0 Å². The smallest absolute Gasteiger partial charge is 0.138 e. The second-order valence-corrected chi connectivity index (χ2v) is 12.1. The van der Waals surface area contributed by atoms with Gasteiger partial charge in [-0.1, -0.05) is 44.5 Å². The van der Waals surface area contributed by atoms with Crippen LogP contribution in [0.15, 0.2) is 18.2 Å². The van der Waals surface area contributed by atoms with Gasteiger partial charge in [0, 0.05) is 31.2 Å². The molecule has 1 heterocycles. The van der Waals surface area contributed by atoms with Crippen LogP contribution in [-0.2, 0) is 17.6 Å². The Morgan fingerprint density at radius 3 is 2.42 bits per heavy atom. The van der Waals surface area contributed by atoms with Crippen molar-refractivity contribution < 1.29 is 9.90 Å². The molecule has 0 bridgehead atoms. The maximum atomic E-state index is 13.2. The molecule has 3 rings (SSSR count). The normalized spacial score (nSPS) is 15.6. The van der Waals surface area contributed by atoms with Gasteiger partial charge in [-0.3, -0.25) is 4.79 Å². The van der Waals surface area contributed by atoms with Crippen molar-refractivity contribution in [2.45, 2.75) is 117 Å². The maximum absolute atomic E-state index is 13.2. The number of rotatable bonds is 11. The summed E-state index contributed by atoms with van der Waals surface area (Å²) >= 11 is 0. The first-order valence-electron chi connectivity index (χ1n) is 12.6. The minimum atomic E-state index is -0.878. The van der Waals surface area contributed by atoms with Crippen LogP contribution in [0.1, 0.15) is 113 Å². The summed E-state index contributed by atoms with van der Waals surface area (Å²) in [5, 5.41) is 19.8. The van der Waals surface area contributed by atoms with Gasteiger partial charge < -0.3 is 9.67 Å². The Morgan fingerprint density at radius 1 is 1.15 bits per heavy atom. The van der Waals surface area contributed by atoms with Crippen molar-refractivity contribution in [3.05, 3.63) is 46.5 Å². The van der Waals surface area contributed by atoms with Gasteiger partial charge in [0.05, 0.1) is 5.60 Å². The number of carbonyl (C=O) groups is 1. The van der Waals surface area contributed by atoms with E-state index in [2.05, 4.69) is 67.6 Å². The van der Waals surface area contributed by atoms with Crippen LogP contribution in [0.25, 0.3) is 0 Å². The van der Waals surface area contributed by atoms with Crippen LogP contribution < -0.4 is 0 Å². The number of aryl methyl sites for hydroxylation is 3. The highest BCUT2D eigenvalue weighted by atomic mass is 16.3. The summed E-state index contributed by atoms with van der Waals surface area (Å²) in [6.07, 6.45) is 6.71. The van der Waals surface area contributed by atoms with Crippen molar-refractivity contribution in [3.8, 4) is 0 Å². The molecule has 1 aliphatic rings. The SMILES string of the molecule is Cc1ccc(CC(=O)CC(CC(C)(C)O)c2nnc(CCCC(C)(C)C)n2C2CC2)c(C)c1. The van der Waals surface area contributed by atoms with Crippen LogP contribution in [0.5, 0.6) is 0 Å². The fourth-order valence-electron chi connectivity index (χ4n) is 4.75. The predicted octanol–water partition coefficient (Wildman–Crippen LogP) is 6.05. The van der Waals surface area contributed by atoms with Crippen molar-refractivity contribution in [3.63, 3.8) is 0 Å². The van der Waals surface area contributed by atoms with Gasteiger partial charge in [-0.15, -0.1) is 10.2 Å². The highest BCUT2D eigenvalue weighted by Gasteiger charge is 2.35. The molecule has 0 saturated heterocycles. The second-order valence-electron chi connectivity index (χ2n) is 12.1. The number of aliphatic hydroxyl groups is 1. The van der Waals surface area contributed by atoms with Crippen LogP contribution >= 0.6 is 0 Å². The first-order valence-corrected chi connectivity index (χ1v) is 12.6. The molecule has 1 aromatic heterocycles. The maximum Gasteiger partial charge on any atom is 0.138 e. The lowest BCUT2D eigenvalue weighted by atomic mass is 9.87. The van der Waals surface area contributed by atoms with Crippen LogP contribution in [0.4, 0.5) is 0 Å². The number of hydrogen-bond donors (Lipinski definition) is 1. The Bertz CT molecular complexity index is 958. The first-order chi connectivity index (χ1) is 15.3. The summed E-state index contributed by atoms with van der Waals surface area (Å²) in [5.41, 5.74) is 2.87. The van der Waals surface area contributed by atoms with E-state index in [4.69, 9.17) is 0 Å². The Balaban J connectivity index is 1.80. The highest BCUT2D eigenvalue weighted by molar-refractivity contribution is 5.82. The molecule has 1 saturated carbocycles. The Morgan fingerprint density at radius 2 is 1.85 bits per heavy atom. The molecule has 182 valence electrons. The van der Waals surface area contributed by atoms with Crippen LogP contribution in [0, 0.1) is 19.3 Å². The lowest BCUT2D eigenvalue weighted by Crippen LogP contribution is -2.26.